The molecule has 0 fully saturated rings. The quantitative estimate of drug-likeness (QED) is 0.442. The lowest BCUT2D eigenvalue weighted by molar-refractivity contribution is 0.0478. The Kier molecular flexibility index (Phi) is 5.57. The lowest BCUT2D eigenvalue weighted by Gasteiger charge is -2.08. The number of esters is 1. The first-order chi connectivity index (χ1) is 14.4. The molecular formula is C22H17ClN2O4S. The average molecular weight is 441 g/mol. The van der Waals surface area contributed by atoms with Gasteiger partial charge in [-0.15, -0.1) is 11.3 Å². The maximum absolute atomic E-state index is 13.0. The lowest BCUT2D eigenvalue weighted by Crippen LogP contribution is -2.38. The maximum atomic E-state index is 13.0. The highest BCUT2D eigenvalue weighted by molar-refractivity contribution is 7.20. The van der Waals surface area contributed by atoms with Crippen molar-refractivity contribution >= 4 is 39.1 Å². The molecule has 0 aliphatic carbocycles. The van der Waals surface area contributed by atoms with E-state index in [0.717, 1.165) is 27.0 Å². The van der Waals surface area contributed by atoms with Crippen LogP contribution in [0.2, 0.25) is 5.02 Å². The number of hydrogen-bond donors (Lipinski definition) is 0. The summed E-state index contributed by atoms with van der Waals surface area (Å²) in [4.78, 5) is 38.9. The second-order valence-corrected chi connectivity index (χ2v) is 8.22. The molecule has 0 atom stereocenters. The molecule has 0 amide bonds. The highest BCUT2D eigenvalue weighted by Crippen LogP contribution is 2.23. The first-order valence-electron chi connectivity index (χ1n) is 9.13. The molecule has 0 N–H and O–H groups in total. The number of thiophene rings is 1. The van der Waals surface area contributed by atoms with E-state index in [4.69, 9.17) is 16.3 Å². The van der Waals surface area contributed by atoms with E-state index in [-0.39, 0.29) is 18.0 Å². The predicted octanol–water partition coefficient (Wildman–Crippen LogP) is 3.82. The molecule has 2 heterocycles. The van der Waals surface area contributed by atoms with Crippen LogP contribution in [0.25, 0.3) is 10.2 Å². The van der Waals surface area contributed by atoms with Crippen LogP contribution in [0.15, 0.2) is 70.3 Å². The Balaban J connectivity index is 1.68. The molecular weight excluding hydrogens is 424 g/mol. The first-order valence-corrected chi connectivity index (χ1v) is 10.3. The minimum absolute atomic E-state index is 0.0889. The minimum Gasteiger partial charge on any atom is -0.457 e. The Bertz CT molecular complexity index is 1360. The van der Waals surface area contributed by atoms with Crippen LogP contribution in [0.4, 0.5) is 0 Å². The summed E-state index contributed by atoms with van der Waals surface area (Å²) in [6, 6.07) is 17.8. The van der Waals surface area contributed by atoms with Crippen LogP contribution in [0, 0.1) is 0 Å². The van der Waals surface area contributed by atoms with Gasteiger partial charge in [-0.25, -0.2) is 9.59 Å². The van der Waals surface area contributed by atoms with Crippen LogP contribution in [-0.4, -0.2) is 15.1 Å². The molecule has 0 bridgehead atoms. The maximum Gasteiger partial charge on any atom is 0.348 e. The Morgan fingerprint density at radius 2 is 1.77 bits per heavy atom. The monoisotopic (exact) mass is 440 g/mol. The van der Waals surface area contributed by atoms with Crippen molar-refractivity contribution in [1.82, 2.24) is 9.13 Å². The zero-order chi connectivity index (χ0) is 21.3. The molecule has 30 heavy (non-hydrogen) atoms. The average Bonchev–Trinajstić information content (AvgIpc) is 3.20. The standard InChI is InChI=1S/C22H17ClN2O4S/c1-24-20-17(11-18(30-20)21(27)29-13-14-6-3-2-4-7-14)19(26)25(22(24)28)12-15-8-5-9-16(23)10-15/h2-11H,12-13H2,1H3. The summed E-state index contributed by atoms with van der Waals surface area (Å²) in [6.07, 6.45) is 0. The molecule has 2 aromatic carbocycles. The predicted molar refractivity (Wildman–Crippen MR) is 117 cm³/mol. The largest absolute Gasteiger partial charge is 0.457 e. The van der Waals surface area contributed by atoms with Gasteiger partial charge in [0.25, 0.3) is 5.56 Å². The van der Waals surface area contributed by atoms with Crippen LogP contribution in [0.1, 0.15) is 20.8 Å². The number of rotatable bonds is 5. The highest BCUT2D eigenvalue weighted by Gasteiger charge is 2.19. The molecule has 0 radical (unpaired) electrons. The first kappa shape index (κ1) is 20.1. The molecule has 0 unspecified atom stereocenters. The molecule has 0 aliphatic heterocycles. The zero-order valence-electron chi connectivity index (χ0n) is 16.0. The second kappa shape index (κ2) is 8.30. The topological polar surface area (TPSA) is 70.3 Å². The third-order valence-corrected chi connectivity index (χ3v) is 6.08. The van der Waals surface area contributed by atoms with E-state index in [1.54, 1.807) is 31.3 Å². The smallest absolute Gasteiger partial charge is 0.348 e. The van der Waals surface area contributed by atoms with Crippen molar-refractivity contribution in [1.29, 1.82) is 0 Å². The van der Waals surface area contributed by atoms with Gasteiger partial charge in [-0.2, -0.15) is 0 Å². The van der Waals surface area contributed by atoms with Crippen LogP contribution in [-0.2, 0) is 24.9 Å². The SMILES string of the molecule is Cn1c(=O)n(Cc2cccc(Cl)c2)c(=O)c2cc(C(=O)OCc3ccccc3)sc21. The van der Waals surface area contributed by atoms with Gasteiger partial charge in [0.2, 0.25) is 0 Å². The summed E-state index contributed by atoms with van der Waals surface area (Å²) >= 11 is 7.08. The Morgan fingerprint density at radius 3 is 2.50 bits per heavy atom. The van der Waals surface area contributed by atoms with Crippen molar-refractivity contribution in [2.75, 3.05) is 0 Å². The number of ether oxygens (including phenoxy) is 1. The molecule has 0 spiro atoms. The molecule has 8 heteroatoms. The van der Waals surface area contributed by atoms with Gasteiger partial charge in [-0.1, -0.05) is 54.1 Å². The van der Waals surface area contributed by atoms with Crippen LogP contribution >= 0.6 is 22.9 Å². The molecule has 4 rings (SSSR count). The Labute approximate surface area is 180 Å². The Morgan fingerprint density at radius 1 is 1.03 bits per heavy atom. The molecule has 0 aliphatic rings. The van der Waals surface area contributed by atoms with Gasteiger partial charge >= 0.3 is 11.7 Å². The third-order valence-electron chi connectivity index (χ3n) is 4.65. The van der Waals surface area contributed by atoms with E-state index < -0.39 is 17.2 Å². The fourth-order valence-corrected chi connectivity index (χ4v) is 4.35. The van der Waals surface area contributed by atoms with Crippen molar-refractivity contribution in [3.8, 4) is 0 Å². The van der Waals surface area contributed by atoms with Gasteiger partial charge in [-0.3, -0.25) is 13.9 Å². The van der Waals surface area contributed by atoms with Crippen molar-refractivity contribution in [2.24, 2.45) is 7.05 Å². The summed E-state index contributed by atoms with van der Waals surface area (Å²) in [6.45, 7) is 0.220. The highest BCUT2D eigenvalue weighted by atomic mass is 35.5. The summed E-state index contributed by atoms with van der Waals surface area (Å²) in [5.41, 5.74) is 0.687. The van der Waals surface area contributed by atoms with E-state index in [9.17, 15) is 14.4 Å². The summed E-state index contributed by atoms with van der Waals surface area (Å²) < 4.78 is 7.87. The van der Waals surface area contributed by atoms with Crippen molar-refractivity contribution in [2.45, 2.75) is 13.2 Å². The van der Waals surface area contributed by atoms with E-state index in [1.807, 2.05) is 30.3 Å². The van der Waals surface area contributed by atoms with Gasteiger partial charge in [-0.05, 0) is 29.3 Å². The second-order valence-electron chi connectivity index (χ2n) is 6.75. The van der Waals surface area contributed by atoms with Crippen molar-refractivity contribution in [3.05, 3.63) is 103 Å². The number of aromatic nitrogens is 2. The lowest BCUT2D eigenvalue weighted by atomic mass is 10.2. The van der Waals surface area contributed by atoms with Gasteiger partial charge in [0.15, 0.2) is 0 Å². The van der Waals surface area contributed by atoms with Gasteiger partial charge in [0.1, 0.15) is 16.3 Å². The van der Waals surface area contributed by atoms with Crippen molar-refractivity contribution < 1.29 is 9.53 Å². The van der Waals surface area contributed by atoms with E-state index in [2.05, 4.69) is 0 Å². The summed E-state index contributed by atoms with van der Waals surface area (Å²) in [5.74, 6) is -0.534. The molecule has 0 saturated carbocycles. The van der Waals surface area contributed by atoms with Gasteiger partial charge in [0.05, 0.1) is 11.9 Å². The Hall–Kier alpha value is -3.16. The van der Waals surface area contributed by atoms with Crippen molar-refractivity contribution in [3.63, 3.8) is 0 Å². The van der Waals surface area contributed by atoms with Gasteiger partial charge < -0.3 is 4.74 Å². The van der Waals surface area contributed by atoms with E-state index >= 15 is 0 Å². The number of aryl methyl sites for hydroxylation is 1. The molecule has 2 aromatic heterocycles. The minimum atomic E-state index is -0.534. The van der Waals surface area contributed by atoms with Crippen LogP contribution in [0.5, 0.6) is 0 Å². The molecule has 6 nitrogen and oxygen atoms in total. The molecule has 4 aromatic rings. The fraction of sp³-hybridized carbons (Fsp3) is 0.136. The van der Waals surface area contributed by atoms with Crippen LogP contribution < -0.4 is 11.2 Å². The third kappa shape index (κ3) is 3.94. The number of carbonyl (C=O) groups is 1. The number of hydrogen-bond acceptors (Lipinski definition) is 5. The number of carbonyl (C=O) groups excluding carboxylic acids is 1. The normalized spacial score (nSPS) is 11.0. The number of nitrogens with zero attached hydrogens (tertiary/aromatic N) is 2. The molecule has 152 valence electrons. The van der Waals surface area contributed by atoms with Crippen LogP contribution in [0.3, 0.4) is 0 Å². The van der Waals surface area contributed by atoms with E-state index in [0.29, 0.717) is 15.2 Å². The van der Waals surface area contributed by atoms with E-state index in [1.165, 1.54) is 10.6 Å². The number of benzene rings is 2. The molecule has 0 saturated heterocycles. The summed E-state index contributed by atoms with van der Waals surface area (Å²) in [7, 11) is 1.58. The summed E-state index contributed by atoms with van der Waals surface area (Å²) in [5, 5.41) is 0.827. The zero-order valence-corrected chi connectivity index (χ0v) is 17.6. The fourth-order valence-electron chi connectivity index (χ4n) is 3.14. The number of fused-ring (bicyclic) bond motifs is 1. The van der Waals surface area contributed by atoms with Gasteiger partial charge in [0, 0.05) is 12.1 Å². The number of halogens is 1.